The number of fused-ring (bicyclic) bond motifs is 1. The van der Waals surface area contributed by atoms with Crippen molar-refractivity contribution in [1.82, 2.24) is 0 Å². The van der Waals surface area contributed by atoms with Crippen molar-refractivity contribution in [2.45, 2.75) is 31.1 Å². The average molecular weight is 254 g/mol. The molecule has 0 spiro atoms. The highest BCUT2D eigenvalue weighted by molar-refractivity contribution is 7.99. The maximum absolute atomic E-state index is 2.37. The van der Waals surface area contributed by atoms with Crippen LogP contribution in [0, 0.1) is 13.8 Å². The quantitative estimate of drug-likeness (QED) is 0.695. The molecule has 0 radical (unpaired) electrons. The summed E-state index contributed by atoms with van der Waals surface area (Å²) in [4.78, 5) is 1.47. The Morgan fingerprint density at radius 3 is 2.67 bits per heavy atom. The van der Waals surface area contributed by atoms with E-state index in [-0.39, 0.29) is 0 Å². The molecule has 18 heavy (non-hydrogen) atoms. The van der Waals surface area contributed by atoms with E-state index in [2.05, 4.69) is 56.3 Å². The van der Waals surface area contributed by atoms with Gasteiger partial charge in [0.1, 0.15) is 0 Å². The molecule has 0 saturated heterocycles. The molecule has 2 aromatic rings. The van der Waals surface area contributed by atoms with Crippen molar-refractivity contribution >= 4 is 11.8 Å². The number of benzene rings is 2. The van der Waals surface area contributed by atoms with Crippen molar-refractivity contribution < 1.29 is 0 Å². The summed E-state index contributed by atoms with van der Waals surface area (Å²) in [7, 11) is 0. The van der Waals surface area contributed by atoms with Crippen LogP contribution in [0.4, 0.5) is 0 Å². The number of aryl methyl sites for hydroxylation is 2. The second-order valence-corrected chi connectivity index (χ2v) is 6.22. The van der Waals surface area contributed by atoms with Crippen LogP contribution in [0.2, 0.25) is 0 Å². The van der Waals surface area contributed by atoms with E-state index in [1.165, 1.54) is 39.3 Å². The fourth-order valence-corrected chi connectivity index (χ4v) is 3.92. The van der Waals surface area contributed by atoms with E-state index in [4.69, 9.17) is 0 Å². The molecule has 3 rings (SSSR count). The third kappa shape index (κ3) is 2.08. The van der Waals surface area contributed by atoms with Gasteiger partial charge in [-0.1, -0.05) is 42.0 Å². The van der Waals surface area contributed by atoms with Crippen LogP contribution in [-0.4, -0.2) is 5.75 Å². The molecule has 0 nitrogen and oxygen atoms in total. The molecule has 0 N–H and O–H groups in total. The molecule has 0 amide bonds. The van der Waals surface area contributed by atoms with E-state index in [1.807, 2.05) is 11.8 Å². The van der Waals surface area contributed by atoms with Gasteiger partial charge in [-0.15, -0.1) is 11.8 Å². The van der Waals surface area contributed by atoms with Crippen molar-refractivity contribution in [3.8, 4) is 0 Å². The lowest BCUT2D eigenvalue weighted by atomic mass is 9.85. The van der Waals surface area contributed by atoms with Crippen LogP contribution in [0.3, 0.4) is 0 Å². The normalized spacial score (nSPS) is 18.4. The predicted molar refractivity (Wildman–Crippen MR) is 79.5 cm³/mol. The molecule has 1 aliphatic heterocycles. The fourth-order valence-electron chi connectivity index (χ4n) is 2.81. The Morgan fingerprint density at radius 2 is 1.83 bits per heavy atom. The second-order valence-electron chi connectivity index (χ2n) is 5.09. The van der Waals surface area contributed by atoms with Crippen LogP contribution in [0.25, 0.3) is 0 Å². The van der Waals surface area contributed by atoms with Crippen LogP contribution in [-0.2, 0) is 0 Å². The third-order valence-electron chi connectivity index (χ3n) is 3.77. The van der Waals surface area contributed by atoms with E-state index in [0.717, 1.165) is 0 Å². The Balaban J connectivity index is 2.11. The Bertz CT molecular complexity index is 572. The molecule has 92 valence electrons. The molecule has 0 bridgehead atoms. The highest BCUT2D eigenvalue weighted by atomic mass is 32.2. The molecule has 0 fully saturated rings. The van der Waals surface area contributed by atoms with Gasteiger partial charge in [-0.3, -0.25) is 0 Å². The van der Waals surface area contributed by atoms with Crippen molar-refractivity contribution in [1.29, 1.82) is 0 Å². The van der Waals surface area contributed by atoms with Gasteiger partial charge in [0.2, 0.25) is 0 Å². The minimum Gasteiger partial charge on any atom is -0.126 e. The highest BCUT2D eigenvalue weighted by Crippen LogP contribution is 2.42. The molecule has 1 unspecified atom stereocenters. The lowest BCUT2D eigenvalue weighted by Crippen LogP contribution is -2.10. The molecule has 0 saturated carbocycles. The summed E-state index contributed by atoms with van der Waals surface area (Å²) in [5.41, 5.74) is 5.82. The van der Waals surface area contributed by atoms with Crippen LogP contribution < -0.4 is 0 Å². The zero-order valence-electron chi connectivity index (χ0n) is 10.9. The largest absolute Gasteiger partial charge is 0.126 e. The summed E-state index contributed by atoms with van der Waals surface area (Å²) in [6.45, 7) is 4.42. The number of rotatable bonds is 1. The Kier molecular flexibility index (Phi) is 3.17. The zero-order chi connectivity index (χ0) is 12.5. The molecule has 1 atom stereocenters. The molecule has 0 aromatic heterocycles. The molecule has 2 aromatic carbocycles. The van der Waals surface area contributed by atoms with Gasteiger partial charge in [0.15, 0.2) is 0 Å². The van der Waals surface area contributed by atoms with Crippen LogP contribution in [0.5, 0.6) is 0 Å². The van der Waals surface area contributed by atoms with Crippen molar-refractivity contribution in [2.24, 2.45) is 0 Å². The van der Waals surface area contributed by atoms with Crippen molar-refractivity contribution in [3.05, 3.63) is 64.7 Å². The number of hydrogen-bond acceptors (Lipinski definition) is 1. The maximum Gasteiger partial charge on any atom is 0.0111 e. The molecular formula is C17H18S. The van der Waals surface area contributed by atoms with Gasteiger partial charge in [0, 0.05) is 10.8 Å². The lowest BCUT2D eigenvalue weighted by Gasteiger charge is -2.27. The van der Waals surface area contributed by atoms with E-state index >= 15 is 0 Å². The molecule has 1 heterocycles. The number of hydrogen-bond donors (Lipinski definition) is 0. The first kappa shape index (κ1) is 11.9. The SMILES string of the molecule is Cc1ccc2c(c1)C(c1ccccc1C)CCS2. The Labute approximate surface area is 113 Å². The van der Waals surface area contributed by atoms with Crippen LogP contribution >= 0.6 is 11.8 Å². The molecule has 1 heteroatoms. The Hall–Kier alpha value is -1.21. The van der Waals surface area contributed by atoms with E-state index < -0.39 is 0 Å². The number of thioether (sulfide) groups is 1. The van der Waals surface area contributed by atoms with Crippen LogP contribution in [0.15, 0.2) is 47.4 Å². The minimum atomic E-state index is 0.586. The fraction of sp³-hybridized carbons (Fsp3) is 0.294. The van der Waals surface area contributed by atoms with Crippen molar-refractivity contribution in [3.63, 3.8) is 0 Å². The maximum atomic E-state index is 2.37. The first-order chi connectivity index (χ1) is 8.75. The summed E-state index contributed by atoms with van der Waals surface area (Å²) in [6.07, 6.45) is 1.26. The van der Waals surface area contributed by atoms with Gasteiger partial charge in [-0.2, -0.15) is 0 Å². The topological polar surface area (TPSA) is 0 Å². The first-order valence-electron chi connectivity index (χ1n) is 6.54. The zero-order valence-corrected chi connectivity index (χ0v) is 11.8. The molecule has 1 aliphatic rings. The van der Waals surface area contributed by atoms with Crippen molar-refractivity contribution in [2.75, 3.05) is 5.75 Å². The summed E-state index contributed by atoms with van der Waals surface area (Å²) in [5, 5.41) is 0. The summed E-state index contributed by atoms with van der Waals surface area (Å²) < 4.78 is 0. The second kappa shape index (κ2) is 4.81. The smallest absolute Gasteiger partial charge is 0.0111 e. The lowest BCUT2D eigenvalue weighted by molar-refractivity contribution is 0.748. The van der Waals surface area contributed by atoms with Crippen LogP contribution in [0.1, 0.15) is 34.6 Å². The summed E-state index contributed by atoms with van der Waals surface area (Å²) >= 11 is 2.00. The highest BCUT2D eigenvalue weighted by Gasteiger charge is 2.23. The summed E-state index contributed by atoms with van der Waals surface area (Å²) in [5.74, 6) is 1.82. The van der Waals surface area contributed by atoms with E-state index in [1.54, 1.807) is 0 Å². The van der Waals surface area contributed by atoms with Gasteiger partial charge in [-0.05, 0) is 48.8 Å². The van der Waals surface area contributed by atoms with E-state index in [0.29, 0.717) is 5.92 Å². The molecular weight excluding hydrogens is 236 g/mol. The Morgan fingerprint density at radius 1 is 1.00 bits per heavy atom. The predicted octanol–water partition coefficient (Wildman–Crippen LogP) is 4.93. The van der Waals surface area contributed by atoms with Gasteiger partial charge in [0.25, 0.3) is 0 Å². The first-order valence-corrected chi connectivity index (χ1v) is 7.53. The van der Waals surface area contributed by atoms with Gasteiger partial charge >= 0.3 is 0 Å². The van der Waals surface area contributed by atoms with E-state index in [9.17, 15) is 0 Å². The summed E-state index contributed by atoms with van der Waals surface area (Å²) in [6, 6.07) is 15.7. The average Bonchev–Trinajstić information content (AvgIpc) is 2.39. The minimum absolute atomic E-state index is 0.586. The third-order valence-corrected chi connectivity index (χ3v) is 4.89. The molecule has 0 aliphatic carbocycles. The standard InChI is InChI=1S/C17H18S/c1-12-7-8-17-16(11-12)15(9-10-18-17)14-6-4-3-5-13(14)2/h3-8,11,15H,9-10H2,1-2H3. The monoisotopic (exact) mass is 254 g/mol. The van der Waals surface area contributed by atoms with Gasteiger partial charge in [0.05, 0.1) is 0 Å². The van der Waals surface area contributed by atoms with Gasteiger partial charge in [-0.25, -0.2) is 0 Å². The van der Waals surface area contributed by atoms with Gasteiger partial charge < -0.3 is 0 Å².